The first-order valence-electron chi connectivity index (χ1n) is 6.48. The van der Waals surface area contributed by atoms with Gasteiger partial charge in [-0.1, -0.05) is 0 Å². The smallest absolute Gasteiger partial charge is 0.326 e. The van der Waals surface area contributed by atoms with Crippen LogP contribution < -0.4 is 16.2 Å². The fourth-order valence-corrected chi connectivity index (χ4v) is 2.01. The first kappa shape index (κ1) is 15.3. The van der Waals surface area contributed by atoms with Crippen LogP contribution >= 0.6 is 0 Å². The number of aromatic nitrogens is 1. The zero-order valence-electron chi connectivity index (χ0n) is 12.1. The fraction of sp³-hybridized carbons (Fsp3) is 0.133. The number of rotatable bonds is 2. The van der Waals surface area contributed by atoms with Crippen LogP contribution in [0.1, 0.15) is 21.6 Å². The van der Waals surface area contributed by atoms with Crippen molar-refractivity contribution in [2.24, 2.45) is 0 Å². The van der Waals surface area contributed by atoms with E-state index in [1.807, 2.05) is 0 Å². The number of H-pyrrole nitrogens is 1. The lowest BCUT2D eigenvalue weighted by Gasteiger charge is -2.08. The maximum absolute atomic E-state index is 12.0. The highest BCUT2D eigenvalue weighted by molar-refractivity contribution is 6.08. The molecule has 0 bridgehead atoms. The molecule has 0 unspecified atom stereocenters. The molecule has 7 nitrogen and oxygen atoms in total. The van der Waals surface area contributed by atoms with Gasteiger partial charge in [0, 0.05) is 11.4 Å². The van der Waals surface area contributed by atoms with Gasteiger partial charge in [0.25, 0.3) is 11.5 Å². The first-order chi connectivity index (χ1) is 10.4. The van der Waals surface area contributed by atoms with Crippen molar-refractivity contribution in [2.45, 2.75) is 13.8 Å². The fourth-order valence-electron chi connectivity index (χ4n) is 2.01. The summed E-state index contributed by atoms with van der Waals surface area (Å²) in [4.78, 5) is 38.1. The molecule has 0 aliphatic rings. The number of aromatic amines is 1. The third-order valence-corrected chi connectivity index (χ3v) is 2.94. The normalized spacial score (nSPS) is 10.1. The van der Waals surface area contributed by atoms with Gasteiger partial charge in [-0.3, -0.25) is 14.9 Å². The standard InChI is InChI=1S/C15H15N3O4/c1-8-7-9(2)16-13(20)12(8)14(21)18-15(22)17-10-3-5-11(19)6-4-10/h3-7,19H,1-2H3,(H,16,20)(H2,17,18,21,22). The van der Waals surface area contributed by atoms with Gasteiger partial charge in [0.05, 0.1) is 0 Å². The first-order valence-corrected chi connectivity index (χ1v) is 6.48. The summed E-state index contributed by atoms with van der Waals surface area (Å²) in [5.41, 5.74) is 0.861. The highest BCUT2D eigenvalue weighted by Crippen LogP contribution is 2.13. The SMILES string of the molecule is Cc1cc(C)c(C(=O)NC(=O)Nc2ccc(O)cc2)c(=O)[nH]1. The number of carbonyl (C=O) groups is 2. The lowest BCUT2D eigenvalue weighted by Crippen LogP contribution is -2.38. The summed E-state index contributed by atoms with van der Waals surface area (Å²) >= 11 is 0. The monoisotopic (exact) mass is 301 g/mol. The number of aryl methyl sites for hydroxylation is 2. The Hall–Kier alpha value is -3.09. The number of imide groups is 1. The molecule has 0 atom stereocenters. The lowest BCUT2D eigenvalue weighted by atomic mass is 10.1. The summed E-state index contributed by atoms with van der Waals surface area (Å²) in [6, 6.07) is 6.62. The van der Waals surface area contributed by atoms with Gasteiger partial charge < -0.3 is 15.4 Å². The molecule has 3 amide bonds. The minimum atomic E-state index is -0.782. The molecule has 7 heteroatoms. The molecule has 0 radical (unpaired) electrons. The Morgan fingerprint density at radius 3 is 2.36 bits per heavy atom. The molecule has 1 heterocycles. The molecular weight excluding hydrogens is 286 g/mol. The van der Waals surface area contributed by atoms with Gasteiger partial charge in [-0.15, -0.1) is 0 Å². The van der Waals surface area contributed by atoms with Crippen LogP contribution in [-0.2, 0) is 0 Å². The van der Waals surface area contributed by atoms with Gasteiger partial charge in [-0.2, -0.15) is 0 Å². The maximum Gasteiger partial charge on any atom is 0.326 e. The van der Waals surface area contributed by atoms with Crippen LogP contribution in [0.15, 0.2) is 35.1 Å². The van der Waals surface area contributed by atoms with E-state index in [2.05, 4.69) is 15.6 Å². The number of pyridine rings is 1. The molecule has 1 aromatic heterocycles. The second kappa shape index (κ2) is 6.13. The lowest BCUT2D eigenvalue weighted by molar-refractivity contribution is 0.0965. The Kier molecular flexibility index (Phi) is 4.26. The second-order valence-electron chi connectivity index (χ2n) is 4.79. The topological polar surface area (TPSA) is 111 Å². The Morgan fingerprint density at radius 2 is 1.77 bits per heavy atom. The molecule has 114 valence electrons. The van der Waals surface area contributed by atoms with Crippen molar-refractivity contribution < 1.29 is 14.7 Å². The maximum atomic E-state index is 12.0. The van der Waals surface area contributed by atoms with E-state index < -0.39 is 17.5 Å². The molecule has 2 aromatic rings. The molecule has 0 aliphatic carbocycles. The molecule has 4 N–H and O–H groups in total. The summed E-state index contributed by atoms with van der Waals surface area (Å²) < 4.78 is 0. The average Bonchev–Trinajstić information content (AvgIpc) is 2.40. The quantitative estimate of drug-likeness (QED) is 0.632. The van der Waals surface area contributed by atoms with E-state index in [1.165, 1.54) is 24.3 Å². The van der Waals surface area contributed by atoms with Crippen molar-refractivity contribution in [2.75, 3.05) is 5.32 Å². The third kappa shape index (κ3) is 3.51. The minimum Gasteiger partial charge on any atom is -0.508 e. The summed E-state index contributed by atoms with van der Waals surface area (Å²) in [6.07, 6.45) is 0. The number of aromatic hydroxyl groups is 1. The Bertz CT molecular complexity index is 778. The van der Waals surface area contributed by atoms with Gasteiger partial charge in [0.15, 0.2) is 0 Å². The molecule has 0 aliphatic heterocycles. The van der Waals surface area contributed by atoms with Crippen molar-refractivity contribution in [1.29, 1.82) is 0 Å². The zero-order chi connectivity index (χ0) is 16.3. The van der Waals surface area contributed by atoms with Crippen LogP contribution in [-0.4, -0.2) is 22.0 Å². The predicted molar refractivity (Wildman–Crippen MR) is 81.1 cm³/mol. The van der Waals surface area contributed by atoms with Gasteiger partial charge >= 0.3 is 6.03 Å². The number of phenols is 1. The Labute approximate surface area is 126 Å². The number of amides is 3. The van der Waals surface area contributed by atoms with E-state index in [1.54, 1.807) is 19.9 Å². The highest BCUT2D eigenvalue weighted by Gasteiger charge is 2.17. The van der Waals surface area contributed by atoms with E-state index in [0.717, 1.165) is 0 Å². The van der Waals surface area contributed by atoms with Crippen LogP contribution in [0.5, 0.6) is 5.75 Å². The van der Waals surface area contributed by atoms with Crippen molar-refractivity contribution >= 4 is 17.6 Å². The molecular formula is C15H15N3O4. The molecule has 22 heavy (non-hydrogen) atoms. The van der Waals surface area contributed by atoms with E-state index >= 15 is 0 Å². The molecule has 0 saturated heterocycles. The summed E-state index contributed by atoms with van der Waals surface area (Å²) in [7, 11) is 0. The van der Waals surface area contributed by atoms with Crippen LogP contribution in [0.2, 0.25) is 0 Å². The third-order valence-electron chi connectivity index (χ3n) is 2.94. The second-order valence-corrected chi connectivity index (χ2v) is 4.79. The van der Waals surface area contributed by atoms with Crippen molar-refractivity contribution in [3.8, 4) is 5.75 Å². The van der Waals surface area contributed by atoms with Crippen LogP contribution in [0.3, 0.4) is 0 Å². The minimum absolute atomic E-state index is 0.0591. The number of hydrogen-bond donors (Lipinski definition) is 4. The Morgan fingerprint density at radius 1 is 1.14 bits per heavy atom. The predicted octanol–water partition coefficient (Wildman–Crippen LogP) is 1.66. The molecule has 0 fully saturated rings. The van der Waals surface area contributed by atoms with E-state index in [-0.39, 0.29) is 11.3 Å². The average molecular weight is 301 g/mol. The summed E-state index contributed by atoms with van der Waals surface area (Å²) in [5.74, 6) is -0.723. The van der Waals surface area contributed by atoms with Crippen molar-refractivity contribution in [3.05, 3.63) is 57.5 Å². The summed E-state index contributed by atoms with van der Waals surface area (Å²) in [5, 5.41) is 13.7. The number of urea groups is 1. The zero-order valence-corrected chi connectivity index (χ0v) is 12.1. The largest absolute Gasteiger partial charge is 0.508 e. The van der Waals surface area contributed by atoms with Gasteiger partial charge in [-0.05, 0) is 49.7 Å². The van der Waals surface area contributed by atoms with Crippen LogP contribution in [0.25, 0.3) is 0 Å². The van der Waals surface area contributed by atoms with E-state index in [4.69, 9.17) is 5.11 Å². The summed E-state index contributed by atoms with van der Waals surface area (Å²) in [6.45, 7) is 3.32. The highest BCUT2D eigenvalue weighted by atomic mass is 16.3. The van der Waals surface area contributed by atoms with Gasteiger partial charge in [0.2, 0.25) is 0 Å². The molecule has 1 aromatic carbocycles. The number of carbonyl (C=O) groups excluding carboxylic acids is 2. The van der Waals surface area contributed by atoms with Crippen molar-refractivity contribution in [1.82, 2.24) is 10.3 Å². The number of nitrogens with one attached hydrogen (secondary N) is 3. The van der Waals surface area contributed by atoms with Crippen LogP contribution in [0, 0.1) is 13.8 Å². The number of benzene rings is 1. The van der Waals surface area contributed by atoms with Crippen molar-refractivity contribution in [3.63, 3.8) is 0 Å². The number of phenolic OH excluding ortho intramolecular Hbond substituents is 1. The number of hydrogen-bond acceptors (Lipinski definition) is 4. The van der Waals surface area contributed by atoms with Gasteiger partial charge in [-0.25, -0.2) is 4.79 Å². The van der Waals surface area contributed by atoms with E-state index in [0.29, 0.717) is 16.9 Å². The molecule has 2 rings (SSSR count). The van der Waals surface area contributed by atoms with E-state index in [9.17, 15) is 14.4 Å². The van der Waals surface area contributed by atoms with Crippen LogP contribution in [0.4, 0.5) is 10.5 Å². The molecule has 0 spiro atoms. The van der Waals surface area contributed by atoms with Gasteiger partial charge in [0.1, 0.15) is 11.3 Å². The molecule has 0 saturated carbocycles. The number of anilines is 1. The Balaban J connectivity index is 2.10.